The lowest BCUT2D eigenvalue weighted by molar-refractivity contribution is -0.304. The highest BCUT2D eigenvalue weighted by atomic mass is 19.4. The normalized spacial score (nSPS) is 15.4. The van der Waals surface area contributed by atoms with Gasteiger partial charge in [0, 0.05) is 0 Å². The van der Waals surface area contributed by atoms with E-state index in [0.717, 1.165) is 78.8 Å². The van der Waals surface area contributed by atoms with Gasteiger partial charge < -0.3 is 23.7 Å². The van der Waals surface area contributed by atoms with Gasteiger partial charge in [-0.2, -0.15) is 22.0 Å². The monoisotopic (exact) mass is 700 g/mol. The first-order chi connectivity index (χ1) is 23.9. The van der Waals surface area contributed by atoms with Crippen LogP contribution < -0.4 is 18.9 Å². The largest absolute Gasteiger partial charge is 0.494 e. The minimum Gasteiger partial charge on any atom is -0.494 e. The maximum absolute atomic E-state index is 13.5. The first-order valence-corrected chi connectivity index (χ1v) is 15.8. The third-order valence-electron chi connectivity index (χ3n) is 8.10. The van der Waals surface area contributed by atoms with Crippen molar-refractivity contribution in [2.75, 3.05) is 13.2 Å². The molecule has 2 aliphatic rings. The van der Waals surface area contributed by atoms with Gasteiger partial charge in [0.15, 0.2) is 0 Å². The molecule has 1 saturated heterocycles. The van der Waals surface area contributed by atoms with Crippen LogP contribution in [0.2, 0.25) is 0 Å². The zero-order chi connectivity index (χ0) is 35.5. The van der Waals surface area contributed by atoms with E-state index in [0.29, 0.717) is 36.2 Å². The SMILES string of the molecule is O=C(Oc1ccc2c(c1)Cc1cc(OC(=O)c3ccc(OC(F)(F)C(F)C(F)(F)F)cc3)ccc1-2)c1ccc(OCCCCCC2CO2)cc1. The van der Waals surface area contributed by atoms with E-state index < -0.39 is 36.1 Å². The van der Waals surface area contributed by atoms with Crippen molar-refractivity contribution in [2.45, 2.75) is 56.7 Å². The number of carbonyl (C=O) groups is 2. The molecule has 13 heteroatoms. The molecule has 0 aromatic heterocycles. The Morgan fingerprint density at radius 1 is 0.700 bits per heavy atom. The van der Waals surface area contributed by atoms with Gasteiger partial charge in [-0.1, -0.05) is 18.6 Å². The number of alkyl halides is 6. The molecule has 50 heavy (non-hydrogen) atoms. The summed E-state index contributed by atoms with van der Waals surface area (Å²) in [5.74, 6) is -0.968. The highest BCUT2D eigenvalue weighted by Crippen LogP contribution is 2.40. The first-order valence-electron chi connectivity index (χ1n) is 15.8. The number of esters is 2. The van der Waals surface area contributed by atoms with Crippen molar-refractivity contribution in [3.8, 4) is 34.1 Å². The molecule has 6 rings (SSSR count). The molecule has 0 bridgehead atoms. The Hall–Kier alpha value is -5.04. The van der Waals surface area contributed by atoms with E-state index >= 15 is 0 Å². The lowest BCUT2D eigenvalue weighted by atomic mass is 10.1. The third kappa shape index (κ3) is 8.57. The first kappa shape index (κ1) is 34.8. The maximum Gasteiger partial charge on any atom is 0.439 e. The molecule has 2 atom stereocenters. The van der Waals surface area contributed by atoms with Crippen LogP contribution in [0.15, 0.2) is 84.9 Å². The highest BCUT2D eigenvalue weighted by molar-refractivity contribution is 5.92. The van der Waals surface area contributed by atoms with E-state index in [4.69, 9.17) is 18.9 Å². The lowest BCUT2D eigenvalue weighted by Crippen LogP contribution is -2.45. The average Bonchev–Trinajstić information content (AvgIpc) is 3.84. The third-order valence-corrected chi connectivity index (χ3v) is 8.10. The summed E-state index contributed by atoms with van der Waals surface area (Å²) in [6.07, 6.45) is -10.4. The smallest absolute Gasteiger partial charge is 0.439 e. The predicted octanol–water partition coefficient (Wildman–Crippen LogP) is 8.91. The van der Waals surface area contributed by atoms with Gasteiger partial charge in [0.25, 0.3) is 6.17 Å². The number of fused-ring (bicyclic) bond motifs is 3. The van der Waals surface area contributed by atoms with Gasteiger partial charge in [0.2, 0.25) is 0 Å². The lowest BCUT2D eigenvalue weighted by Gasteiger charge is -2.23. The van der Waals surface area contributed by atoms with Crippen molar-refractivity contribution in [2.24, 2.45) is 0 Å². The van der Waals surface area contributed by atoms with E-state index in [2.05, 4.69) is 4.74 Å². The van der Waals surface area contributed by atoms with E-state index in [1.165, 1.54) is 0 Å². The van der Waals surface area contributed by atoms with Crippen molar-refractivity contribution in [1.82, 2.24) is 0 Å². The molecule has 1 aliphatic carbocycles. The number of ether oxygens (including phenoxy) is 5. The molecule has 1 aliphatic heterocycles. The van der Waals surface area contributed by atoms with Gasteiger partial charge in [0.1, 0.15) is 23.0 Å². The Balaban J connectivity index is 1.00. The van der Waals surface area contributed by atoms with Crippen LogP contribution in [0.4, 0.5) is 26.3 Å². The summed E-state index contributed by atoms with van der Waals surface area (Å²) in [7, 11) is 0. The van der Waals surface area contributed by atoms with Crippen molar-refractivity contribution in [1.29, 1.82) is 0 Å². The standard InChI is InChI=1S/C37H30F6O7/c38-35(36(39,40)41)37(42,43)50-27-11-7-23(8-12-27)34(45)49-29-14-16-32-25(20-29)18-24-19-28(13-15-31(24)32)48-33(44)22-5-9-26(10-6-22)46-17-3-1-2-4-30-21-47-30/h5-16,19-20,30,35H,1-4,17-18,21H2. The van der Waals surface area contributed by atoms with E-state index in [1.807, 2.05) is 6.07 Å². The predicted molar refractivity (Wildman–Crippen MR) is 168 cm³/mol. The van der Waals surface area contributed by atoms with E-state index in [-0.39, 0.29) is 11.3 Å². The number of rotatable bonds is 14. The molecular weight excluding hydrogens is 670 g/mol. The van der Waals surface area contributed by atoms with Crippen molar-refractivity contribution in [3.05, 3.63) is 107 Å². The molecule has 2 unspecified atom stereocenters. The summed E-state index contributed by atoms with van der Waals surface area (Å²) >= 11 is 0. The average molecular weight is 701 g/mol. The van der Waals surface area contributed by atoms with Gasteiger partial charge >= 0.3 is 24.2 Å². The van der Waals surface area contributed by atoms with Crippen LogP contribution in [0.1, 0.15) is 57.5 Å². The van der Waals surface area contributed by atoms with Crippen LogP contribution in [-0.2, 0) is 11.2 Å². The van der Waals surface area contributed by atoms with Crippen molar-refractivity contribution < 1.29 is 59.6 Å². The van der Waals surface area contributed by atoms with Crippen LogP contribution in [0.5, 0.6) is 23.0 Å². The quantitative estimate of drug-likeness (QED) is 0.0376. The number of hydrogen-bond acceptors (Lipinski definition) is 7. The Bertz CT molecular complexity index is 1840. The Kier molecular flexibility index (Phi) is 10.1. The number of benzene rings is 4. The summed E-state index contributed by atoms with van der Waals surface area (Å²) in [5.41, 5.74) is 3.77. The van der Waals surface area contributed by atoms with E-state index in [1.54, 1.807) is 54.6 Å². The van der Waals surface area contributed by atoms with Crippen LogP contribution in [0.3, 0.4) is 0 Å². The molecule has 0 radical (unpaired) electrons. The fourth-order valence-electron chi connectivity index (χ4n) is 5.44. The summed E-state index contributed by atoms with van der Waals surface area (Å²) in [6, 6.07) is 20.6. The summed E-state index contributed by atoms with van der Waals surface area (Å²) in [4.78, 5) is 25.5. The molecule has 0 amide bonds. The molecule has 4 aromatic carbocycles. The van der Waals surface area contributed by atoms with Crippen molar-refractivity contribution in [3.63, 3.8) is 0 Å². The number of epoxide rings is 1. The van der Waals surface area contributed by atoms with Crippen LogP contribution >= 0.6 is 0 Å². The molecule has 1 fully saturated rings. The summed E-state index contributed by atoms with van der Waals surface area (Å²) in [6.45, 7) is 1.47. The van der Waals surface area contributed by atoms with Gasteiger partial charge in [-0.25, -0.2) is 14.0 Å². The Labute approximate surface area is 282 Å². The Morgan fingerprint density at radius 3 is 1.70 bits per heavy atom. The zero-order valence-electron chi connectivity index (χ0n) is 26.3. The van der Waals surface area contributed by atoms with Gasteiger partial charge in [-0.15, -0.1) is 0 Å². The Morgan fingerprint density at radius 2 is 1.20 bits per heavy atom. The maximum atomic E-state index is 13.5. The molecular formula is C37H30F6O7. The molecule has 1 heterocycles. The fourth-order valence-corrected chi connectivity index (χ4v) is 5.44. The number of halogens is 6. The second-order valence-electron chi connectivity index (χ2n) is 11.9. The van der Waals surface area contributed by atoms with Crippen molar-refractivity contribution >= 4 is 11.9 Å². The van der Waals surface area contributed by atoms with E-state index in [9.17, 15) is 35.9 Å². The second-order valence-corrected chi connectivity index (χ2v) is 11.9. The highest BCUT2D eigenvalue weighted by Gasteiger charge is 2.59. The zero-order valence-corrected chi connectivity index (χ0v) is 26.3. The van der Waals surface area contributed by atoms with Gasteiger partial charge in [-0.05, 0) is 121 Å². The van der Waals surface area contributed by atoms with Crippen LogP contribution in [-0.4, -0.2) is 49.7 Å². The summed E-state index contributed by atoms with van der Waals surface area (Å²) < 4.78 is 103. The van der Waals surface area contributed by atoms with Crippen LogP contribution in [0.25, 0.3) is 11.1 Å². The van der Waals surface area contributed by atoms with Gasteiger partial charge in [-0.3, -0.25) is 0 Å². The topological polar surface area (TPSA) is 83.6 Å². The van der Waals surface area contributed by atoms with Gasteiger partial charge in [0.05, 0.1) is 30.4 Å². The van der Waals surface area contributed by atoms with Crippen LogP contribution in [0, 0.1) is 0 Å². The number of carbonyl (C=O) groups excluding carboxylic acids is 2. The minimum atomic E-state index is -5.83. The molecule has 0 saturated carbocycles. The number of unbranched alkanes of at least 4 members (excludes halogenated alkanes) is 2. The second kappa shape index (κ2) is 14.4. The molecule has 7 nitrogen and oxygen atoms in total. The fraction of sp³-hybridized carbons (Fsp3) is 0.297. The molecule has 262 valence electrons. The molecule has 0 N–H and O–H groups in total. The molecule has 4 aromatic rings. The summed E-state index contributed by atoms with van der Waals surface area (Å²) in [5, 5.41) is 0. The molecule has 0 spiro atoms. The number of hydrogen-bond donors (Lipinski definition) is 0. The minimum absolute atomic E-state index is 0.115.